The highest BCUT2D eigenvalue weighted by molar-refractivity contribution is 7.99. The maximum atomic E-state index is 11.4. The number of hydrogen-bond acceptors (Lipinski definition) is 5. The second-order valence-electron chi connectivity index (χ2n) is 4.47. The van der Waals surface area contributed by atoms with Gasteiger partial charge in [0.15, 0.2) is 0 Å². The van der Waals surface area contributed by atoms with Gasteiger partial charge in [-0.1, -0.05) is 0 Å². The van der Waals surface area contributed by atoms with Crippen LogP contribution in [0, 0.1) is 0 Å². The van der Waals surface area contributed by atoms with Gasteiger partial charge in [-0.15, -0.1) is 0 Å². The lowest BCUT2D eigenvalue weighted by Gasteiger charge is -2.27. The molecule has 2 unspecified atom stereocenters. The molecular weight excluding hydrogens is 228 g/mol. The molecule has 0 saturated heterocycles. The number of hydrogen-bond donors (Lipinski definition) is 4. The van der Waals surface area contributed by atoms with Crippen molar-refractivity contribution in [1.82, 2.24) is 5.32 Å². The van der Waals surface area contributed by atoms with Crippen molar-refractivity contribution in [2.45, 2.75) is 37.5 Å². The van der Waals surface area contributed by atoms with Gasteiger partial charge in [-0.2, -0.15) is 11.8 Å². The lowest BCUT2D eigenvalue weighted by Crippen LogP contribution is -2.56. The van der Waals surface area contributed by atoms with Crippen molar-refractivity contribution in [3.8, 4) is 0 Å². The lowest BCUT2D eigenvalue weighted by molar-refractivity contribution is -0.123. The van der Waals surface area contributed by atoms with Crippen molar-refractivity contribution >= 4 is 17.7 Å². The topological polar surface area (TPSA) is 95.6 Å². The van der Waals surface area contributed by atoms with Gasteiger partial charge in [-0.25, -0.2) is 0 Å². The third-order valence-electron chi connectivity index (χ3n) is 2.56. The van der Waals surface area contributed by atoms with E-state index in [1.165, 1.54) is 11.8 Å². The molecule has 6 heteroatoms. The Labute approximate surface area is 99.8 Å². The standard InChI is InChI=1S/C10H20N2O3S/c1-10(9(11)15,12-7-2-3-7)6-16-5-8(14)4-13/h7-8,12-14H,2-6H2,1H3,(H2,11,15). The highest BCUT2D eigenvalue weighted by Gasteiger charge is 2.36. The molecule has 0 aliphatic heterocycles. The van der Waals surface area contributed by atoms with Crippen molar-refractivity contribution in [2.24, 2.45) is 5.73 Å². The van der Waals surface area contributed by atoms with Gasteiger partial charge in [0, 0.05) is 17.5 Å². The lowest BCUT2D eigenvalue weighted by atomic mass is 10.1. The molecule has 1 saturated carbocycles. The molecule has 0 aromatic rings. The third kappa shape index (κ3) is 4.29. The molecule has 1 fully saturated rings. The van der Waals surface area contributed by atoms with Gasteiger partial charge in [0.1, 0.15) is 5.54 Å². The summed E-state index contributed by atoms with van der Waals surface area (Å²) < 4.78 is 0. The van der Waals surface area contributed by atoms with Gasteiger partial charge in [-0.05, 0) is 19.8 Å². The van der Waals surface area contributed by atoms with E-state index in [9.17, 15) is 9.90 Å². The van der Waals surface area contributed by atoms with Gasteiger partial charge in [-0.3, -0.25) is 4.79 Å². The number of carbonyl (C=O) groups is 1. The Kier molecular flexibility index (Phi) is 5.04. The summed E-state index contributed by atoms with van der Waals surface area (Å²) in [5.41, 5.74) is 4.65. The molecule has 0 radical (unpaired) electrons. The van der Waals surface area contributed by atoms with E-state index in [2.05, 4.69) is 5.32 Å². The summed E-state index contributed by atoms with van der Waals surface area (Å²) in [6.45, 7) is 1.53. The normalized spacial score (nSPS) is 21.4. The quantitative estimate of drug-likeness (QED) is 0.445. The summed E-state index contributed by atoms with van der Waals surface area (Å²) in [6.07, 6.45) is 1.45. The molecule has 0 spiro atoms. The maximum Gasteiger partial charge on any atom is 0.238 e. The van der Waals surface area contributed by atoms with E-state index < -0.39 is 11.6 Å². The van der Waals surface area contributed by atoms with Crippen molar-refractivity contribution in [3.63, 3.8) is 0 Å². The molecule has 0 aromatic heterocycles. The fourth-order valence-corrected chi connectivity index (χ4v) is 2.44. The van der Waals surface area contributed by atoms with E-state index in [0.29, 0.717) is 17.5 Å². The Morgan fingerprint density at radius 1 is 1.69 bits per heavy atom. The van der Waals surface area contributed by atoms with Crippen LogP contribution < -0.4 is 11.1 Å². The maximum absolute atomic E-state index is 11.4. The molecule has 1 rings (SSSR count). The predicted molar refractivity (Wildman–Crippen MR) is 64.2 cm³/mol. The number of nitrogens with one attached hydrogen (secondary N) is 1. The van der Waals surface area contributed by atoms with Crippen molar-refractivity contribution in [1.29, 1.82) is 0 Å². The number of aliphatic hydroxyl groups is 2. The first kappa shape index (κ1) is 13.8. The van der Waals surface area contributed by atoms with Crippen molar-refractivity contribution in [2.75, 3.05) is 18.1 Å². The van der Waals surface area contributed by atoms with Gasteiger partial charge in [0.25, 0.3) is 0 Å². The summed E-state index contributed by atoms with van der Waals surface area (Å²) >= 11 is 1.42. The summed E-state index contributed by atoms with van der Waals surface area (Å²) in [5, 5.41) is 21.1. The van der Waals surface area contributed by atoms with E-state index in [-0.39, 0.29) is 12.5 Å². The molecule has 16 heavy (non-hydrogen) atoms. The van der Waals surface area contributed by atoms with Gasteiger partial charge >= 0.3 is 0 Å². The van der Waals surface area contributed by atoms with Crippen LogP contribution in [-0.2, 0) is 4.79 Å². The highest BCUT2D eigenvalue weighted by Crippen LogP contribution is 2.24. The Hall–Kier alpha value is -0.300. The molecule has 5 N–H and O–H groups in total. The molecule has 2 atom stereocenters. The average molecular weight is 248 g/mol. The molecule has 1 amide bonds. The summed E-state index contributed by atoms with van der Waals surface area (Å²) in [4.78, 5) is 11.4. The number of rotatable bonds is 8. The molecule has 0 bridgehead atoms. The smallest absolute Gasteiger partial charge is 0.238 e. The molecule has 0 heterocycles. The number of primary amides is 1. The zero-order chi connectivity index (χ0) is 12.2. The second-order valence-corrected chi connectivity index (χ2v) is 5.50. The number of thioether (sulfide) groups is 1. The summed E-state index contributed by atoms with van der Waals surface area (Å²) in [7, 11) is 0. The van der Waals surface area contributed by atoms with Crippen LogP contribution in [0.3, 0.4) is 0 Å². The van der Waals surface area contributed by atoms with Gasteiger partial charge in [0.05, 0.1) is 12.7 Å². The molecule has 1 aliphatic rings. The zero-order valence-electron chi connectivity index (χ0n) is 9.48. The van der Waals surface area contributed by atoms with E-state index >= 15 is 0 Å². The fraction of sp³-hybridized carbons (Fsp3) is 0.900. The second kappa shape index (κ2) is 5.86. The SMILES string of the molecule is CC(CSCC(O)CO)(NC1CC1)C(N)=O. The Balaban J connectivity index is 2.34. The first-order chi connectivity index (χ1) is 7.48. The fourth-order valence-electron chi connectivity index (χ4n) is 1.31. The van der Waals surface area contributed by atoms with Gasteiger partial charge in [0.2, 0.25) is 5.91 Å². The monoisotopic (exact) mass is 248 g/mol. The average Bonchev–Trinajstić information content (AvgIpc) is 3.01. The number of amides is 1. The molecule has 94 valence electrons. The van der Waals surface area contributed by atoms with E-state index in [1.54, 1.807) is 6.92 Å². The minimum Gasteiger partial charge on any atom is -0.394 e. The highest BCUT2D eigenvalue weighted by atomic mass is 32.2. The van der Waals surface area contributed by atoms with Crippen molar-refractivity contribution in [3.05, 3.63) is 0 Å². The zero-order valence-corrected chi connectivity index (χ0v) is 10.3. The third-order valence-corrected chi connectivity index (χ3v) is 3.96. The van der Waals surface area contributed by atoms with Crippen LogP contribution in [0.25, 0.3) is 0 Å². The van der Waals surface area contributed by atoms with Gasteiger partial charge < -0.3 is 21.3 Å². The largest absolute Gasteiger partial charge is 0.394 e. The molecule has 5 nitrogen and oxygen atoms in total. The van der Waals surface area contributed by atoms with Crippen LogP contribution in [0.1, 0.15) is 19.8 Å². The van der Waals surface area contributed by atoms with E-state index in [4.69, 9.17) is 10.8 Å². The van der Waals surface area contributed by atoms with Crippen LogP contribution in [0.2, 0.25) is 0 Å². The summed E-state index contributed by atoms with van der Waals surface area (Å²) in [6, 6.07) is 0.404. The minimum absolute atomic E-state index is 0.254. The first-order valence-electron chi connectivity index (χ1n) is 5.42. The Bertz CT molecular complexity index is 248. The number of aliphatic hydroxyl groups excluding tert-OH is 2. The molecule has 0 aromatic carbocycles. The van der Waals surface area contributed by atoms with Crippen LogP contribution in [0.15, 0.2) is 0 Å². The van der Waals surface area contributed by atoms with Crippen LogP contribution in [-0.4, -0.2) is 51.9 Å². The Morgan fingerprint density at radius 3 is 2.75 bits per heavy atom. The van der Waals surface area contributed by atoms with E-state index in [0.717, 1.165) is 12.8 Å². The van der Waals surface area contributed by atoms with Crippen LogP contribution >= 0.6 is 11.8 Å². The molecular formula is C10H20N2O3S. The number of nitrogens with two attached hydrogens (primary N) is 1. The van der Waals surface area contributed by atoms with E-state index in [1.807, 2.05) is 0 Å². The van der Waals surface area contributed by atoms with Crippen molar-refractivity contribution < 1.29 is 15.0 Å². The predicted octanol–water partition coefficient (Wildman–Crippen LogP) is -0.931. The minimum atomic E-state index is -0.733. The summed E-state index contributed by atoms with van der Waals surface area (Å²) in [5.74, 6) is 0.548. The first-order valence-corrected chi connectivity index (χ1v) is 6.57. The van der Waals surface area contributed by atoms with Crippen LogP contribution in [0.5, 0.6) is 0 Å². The molecule has 1 aliphatic carbocycles. The number of carbonyl (C=O) groups excluding carboxylic acids is 1. The Morgan fingerprint density at radius 2 is 2.31 bits per heavy atom. The van der Waals surface area contributed by atoms with Crippen LogP contribution in [0.4, 0.5) is 0 Å².